The molecule has 0 amide bonds. The summed E-state index contributed by atoms with van der Waals surface area (Å²) in [4.78, 5) is 28.0. The average molecular weight is 280 g/mol. The predicted molar refractivity (Wildman–Crippen MR) is 67.3 cm³/mol. The Morgan fingerprint density at radius 2 is 2.32 bits per heavy atom. The van der Waals surface area contributed by atoms with Crippen molar-refractivity contribution in [2.24, 2.45) is 0 Å². The van der Waals surface area contributed by atoms with E-state index in [9.17, 15) is 14.9 Å². The average Bonchev–Trinajstić information content (AvgIpc) is 2.86. The maximum Gasteiger partial charge on any atom is 0.363 e. The van der Waals surface area contributed by atoms with Crippen LogP contribution in [0.15, 0.2) is 23.7 Å². The first-order valence-electron chi connectivity index (χ1n) is 5.08. The summed E-state index contributed by atoms with van der Waals surface area (Å²) in [5.41, 5.74) is 0.598. The van der Waals surface area contributed by atoms with Gasteiger partial charge in [-0.2, -0.15) is 0 Å². The third-order valence-corrected chi connectivity index (χ3v) is 3.00. The number of nitrogens with zero attached hydrogens (tertiary/aromatic N) is 3. The van der Waals surface area contributed by atoms with Crippen LogP contribution in [0.2, 0.25) is 0 Å². The van der Waals surface area contributed by atoms with Crippen molar-refractivity contribution in [2.75, 3.05) is 5.32 Å². The van der Waals surface area contributed by atoms with E-state index >= 15 is 0 Å². The second-order valence-corrected chi connectivity index (χ2v) is 4.39. The van der Waals surface area contributed by atoms with Gasteiger partial charge in [-0.1, -0.05) is 0 Å². The standard InChI is InChI=1S/C10H8N4O4S/c15-10(16)7-5-19-9(13-7)4-11-6-1-2-8(12-3-6)14(17)18/h1-3,5,11H,4H2,(H,15,16). The maximum absolute atomic E-state index is 10.6. The first kappa shape index (κ1) is 12.9. The topological polar surface area (TPSA) is 118 Å². The Labute approximate surface area is 110 Å². The van der Waals surface area contributed by atoms with Gasteiger partial charge < -0.3 is 20.5 Å². The lowest BCUT2D eigenvalue weighted by Gasteiger charge is -2.01. The number of carboxylic acids is 1. The fraction of sp³-hybridized carbons (Fsp3) is 0.100. The molecule has 9 heteroatoms. The number of carboxylic acid groups (broad SMARTS) is 1. The zero-order chi connectivity index (χ0) is 13.8. The molecule has 0 saturated carbocycles. The molecule has 0 radical (unpaired) electrons. The van der Waals surface area contributed by atoms with Crippen molar-refractivity contribution in [1.82, 2.24) is 9.97 Å². The van der Waals surface area contributed by atoms with Crippen LogP contribution in [0.1, 0.15) is 15.5 Å². The minimum Gasteiger partial charge on any atom is -0.476 e. The smallest absolute Gasteiger partial charge is 0.363 e. The van der Waals surface area contributed by atoms with E-state index in [0.29, 0.717) is 17.2 Å². The number of aromatic nitrogens is 2. The molecule has 2 aromatic rings. The molecule has 0 unspecified atom stereocenters. The van der Waals surface area contributed by atoms with Crippen LogP contribution in [0.4, 0.5) is 11.5 Å². The normalized spacial score (nSPS) is 10.1. The molecule has 8 nitrogen and oxygen atoms in total. The number of carbonyl (C=O) groups is 1. The van der Waals surface area contributed by atoms with Crippen LogP contribution in [0.3, 0.4) is 0 Å². The minimum absolute atomic E-state index is 0.00336. The lowest BCUT2D eigenvalue weighted by molar-refractivity contribution is -0.389. The molecule has 2 heterocycles. The van der Waals surface area contributed by atoms with Gasteiger partial charge >= 0.3 is 11.8 Å². The first-order valence-corrected chi connectivity index (χ1v) is 5.96. The van der Waals surface area contributed by atoms with E-state index in [2.05, 4.69) is 15.3 Å². The van der Waals surface area contributed by atoms with Crippen molar-refractivity contribution in [3.05, 3.63) is 44.5 Å². The van der Waals surface area contributed by atoms with Crippen molar-refractivity contribution in [3.8, 4) is 0 Å². The summed E-state index contributed by atoms with van der Waals surface area (Å²) in [5.74, 6) is -1.30. The van der Waals surface area contributed by atoms with Crippen LogP contribution in [0, 0.1) is 10.1 Å². The van der Waals surface area contributed by atoms with Crippen LogP contribution in [0.5, 0.6) is 0 Å². The summed E-state index contributed by atoms with van der Waals surface area (Å²) in [5, 5.41) is 24.1. The molecule has 98 valence electrons. The summed E-state index contributed by atoms with van der Waals surface area (Å²) in [7, 11) is 0. The zero-order valence-corrected chi connectivity index (χ0v) is 10.3. The number of rotatable bonds is 5. The molecule has 2 rings (SSSR count). The highest BCUT2D eigenvalue weighted by atomic mass is 32.1. The van der Waals surface area contributed by atoms with Gasteiger partial charge in [0.2, 0.25) is 0 Å². The first-order chi connectivity index (χ1) is 9.06. The number of pyridine rings is 1. The van der Waals surface area contributed by atoms with E-state index in [1.165, 1.54) is 35.0 Å². The summed E-state index contributed by atoms with van der Waals surface area (Å²) >= 11 is 1.22. The highest BCUT2D eigenvalue weighted by Crippen LogP contribution is 2.14. The lowest BCUT2D eigenvalue weighted by Crippen LogP contribution is -2.02. The lowest BCUT2D eigenvalue weighted by atomic mass is 10.4. The Hall–Kier alpha value is -2.55. The summed E-state index contributed by atoms with van der Waals surface area (Å²) in [6.45, 7) is 0.331. The summed E-state index contributed by atoms with van der Waals surface area (Å²) in [6.07, 6.45) is 1.34. The number of nitrogens with one attached hydrogen (secondary N) is 1. The number of hydrogen-bond donors (Lipinski definition) is 2. The third kappa shape index (κ3) is 3.22. The molecule has 0 fully saturated rings. The van der Waals surface area contributed by atoms with E-state index < -0.39 is 10.9 Å². The molecule has 2 aromatic heterocycles. The van der Waals surface area contributed by atoms with E-state index in [4.69, 9.17) is 5.11 Å². The molecule has 0 saturated heterocycles. The number of thiazole rings is 1. The molecule has 0 aliphatic rings. The molecule has 0 aliphatic carbocycles. The molecule has 0 bridgehead atoms. The van der Waals surface area contributed by atoms with Crippen molar-refractivity contribution < 1.29 is 14.8 Å². The third-order valence-electron chi connectivity index (χ3n) is 2.15. The maximum atomic E-state index is 10.6. The van der Waals surface area contributed by atoms with Crippen LogP contribution in [0.25, 0.3) is 0 Å². The summed E-state index contributed by atoms with van der Waals surface area (Å²) < 4.78 is 0. The van der Waals surface area contributed by atoms with E-state index in [1.54, 1.807) is 0 Å². The van der Waals surface area contributed by atoms with Crippen molar-refractivity contribution >= 4 is 28.8 Å². The van der Waals surface area contributed by atoms with Crippen molar-refractivity contribution in [1.29, 1.82) is 0 Å². The SMILES string of the molecule is O=C(O)c1csc(CNc2ccc([N+](=O)[O-])nc2)n1. The van der Waals surface area contributed by atoms with Gasteiger partial charge in [-0.25, -0.2) is 9.78 Å². The van der Waals surface area contributed by atoms with Crippen molar-refractivity contribution in [2.45, 2.75) is 6.54 Å². The van der Waals surface area contributed by atoms with Gasteiger partial charge in [0.1, 0.15) is 5.01 Å². The molecular formula is C10H8N4O4S. The molecule has 2 N–H and O–H groups in total. The van der Waals surface area contributed by atoms with Gasteiger partial charge in [-0.05, 0) is 16.0 Å². The monoisotopic (exact) mass is 280 g/mol. The van der Waals surface area contributed by atoms with Gasteiger partial charge in [0.05, 0.1) is 12.2 Å². The quantitative estimate of drug-likeness (QED) is 0.632. The van der Waals surface area contributed by atoms with Gasteiger partial charge in [0.15, 0.2) is 11.9 Å². The van der Waals surface area contributed by atoms with Gasteiger partial charge in [0, 0.05) is 11.4 Å². The largest absolute Gasteiger partial charge is 0.476 e. The Morgan fingerprint density at radius 1 is 1.53 bits per heavy atom. The molecular weight excluding hydrogens is 272 g/mol. The van der Waals surface area contributed by atoms with E-state index in [-0.39, 0.29) is 11.5 Å². The Morgan fingerprint density at radius 3 is 2.84 bits per heavy atom. The van der Waals surface area contributed by atoms with Crippen LogP contribution in [-0.2, 0) is 6.54 Å². The highest BCUT2D eigenvalue weighted by Gasteiger charge is 2.09. The highest BCUT2D eigenvalue weighted by molar-refractivity contribution is 7.09. The van der Waals surface area contributed by atoms with Gasteiger partial charge in [-0.3, -0.25) is 0 Å². The van der Waals surface area contributed by atoms with Crippen molar-refractivity contribution in [3.63, 3.8) is 0 Å². The Balaban J connectivity index is 1.97. The fourth-order valence-corrected chi connectivity index (χ4v) is 1.97. The number of anilines is 1. The fourth-order valence-electron chi connectivity index (χ4n) is 1.27. The molecule has 0 atom stereocenters. The number of aromatic carboxylic acids is 1. The van der Waals surface area contributed by atoms with Crippen LogP contribution in [-0.4, -0.2) is 26.0 Å². The second kappa shape index (κ2) is 5.40. The predicted octanol–water partition coefficient (Wildman–Crippen LogP) is 1.76. The van der Waals surface area contributed by atoms with Crippen LogP contribution < -0.4 is 5.32 Å². The number of nitro groups is 1. The second-order valence-electron chi connectivity index (χ2n) is 3.45. The molecule has 0 aromatic carbocycles. The number of hydrogen-bond acceptors (Lipinski definition) is 7. The zero-order valence-electron chi connectivity index (χ0n) is 9.44. The molecule has 0 spiro atoms. The minimum atomic E-state index is -1.07. The van der Waals surface area contributed by atoms with Crippen LogP contribution >= 0.6 is 11.3 Å². The van der Waals surface area contributed by atoms with Gasteiger partial charge in [-0.15, -0.1) is 11.3 Å². The van der Waals surface area contributed by atoms with E-state index in [1.807, 2.05) is 0 Å². The Kier molecular flexibility index (Phi) is 3.66. The molecule has 19 heavy (non-hydrogen) atoms. The summed E-state index contributed by atoms with van der Waals surface area (Å²) in [6, 6.07) is 2.81. The Bertz CT molecular complexity index is 610. The van der Waals surface area contributed by atoms with E-state index in [0.717, 1.165) is 0 Å². The van der Waals surface area contributed by atoms with Gasteiger partial charge in [0.25, 0.3) is 0 Å². The molecule has 0 aliphatic heterocycles.